The van der Waals surface area contributed by atoms with Gasteiger partial charge >= 0.3 is 0 Å². The molecule has 2 atom stereocenters. The van der Waals surface area contributed by atoms with Gasteiger partial charge in [0.1, 0.15) is 12.4 Å². The summed E-state index contributed by atoms with van der Waals surface area (Å²) in [5.74, 6) is 0.788. The molecular weight excluding hydrogens is 366 g/mol. The smallest absolute Gasteiger partial charge is 0.157 e. The second kappa shape index (κ2) is 11.7. The fourth-order valence-corrected chi connectivity index (χ4v) is 3.23. The molecule has 0 radical (unpaired) electrons. The lowest BCUT2D eigenvalue weighted by molar-refractivity contribution is -0.0477. The summed E-state index contributed by atoms with van der Waals surface area (Å²) in [6, 6.07) is 17.7. The normalized spacial score (nSPS) is 16.9. The number of rotatable bonds is 11. The third-order valence-electron chi connectivity index (χ3n) is 4.93. The molecule has 5 heteroatoms. The minimum atomic E-state index is -0.569. The van der Waals surface area contributed by atoms with Crippen molar-refractivity contribution in [1.29, 1.82) is 0 Å². The molecule has 0 aliphatic carbocycles. The molecule has 1 fully saturated rings. The predicted molar refractivity (Wildman–Crippen MR) is 115 cm³/mol. The number of hydrogen-bond acceptors (Lipinski definition) is 5. The Morgan fingerprint density at radius 3 is 2.55 bits per heavy atom. The van der Waals surface area contributed by atoms with Gasteiger partial charge in [-0.05, 0) is 55.6 Å². The molecule has 156 valence electrons. The second-order valence-corrected chi connectivity index (χ2v) is 7.19. The molecule has 0 amide bonds. The molecule has 0 spiro atoms. The van der Waals surface area contributed by atoms with E-state index in [9.17, 15) is 5.11 Å². The van der Waals surface area contributed by atoms with Crippen LogP contribution in [0.3, 0.4) is 0 Å². The average Bonchev–Trinajstić information content (AvgIpc) is 3.28. The molecule has 1 aliphatic heterocycles. The van der Waals surface area contributed by atoms with Gasteiger partial charge in [0.15, 0.2) is 6.29 Å². The van der Waals surface area contributed by atoms with Crippen LogP contribution in [0.25, 0.3) is 6.08 Å². The van der Waals surface area contributed by atoms with Gasteiger partial charge in [0.05, 0.1) is 19.3 Å². The molecule has 2 aromatic rings. The Morgan fingerprint density at radius 2 is 1.83 bits per heavy atom. The number of ether oxygens (including phenoxy) is 3. The predicted octanol–water partition coefficient (Wildman–Crippen LogP) is 3.94. The van der Waals surface area contributed by atoms with Gasteiger partial charge in [0.25, 0.3) is 0 Å². The van der Waals surface area contributed by atoms with Crippen molar-refractivity contribution in [2.75, 3.05) is 26.4 Å². The van der Waals surface area contributed by atoms with Crippen LogP contribution in [0.15, 0.2) is 60.7 Å². The molecule has 0 saturated carbocycles. The molecule has 0 bridgehead atoms. The third-order valence-corrected chi connectivity index (χ3v) is 4.93. The molecule has 1 saturated heterocycles. The van der Waals surface area contributed by atoms with Gasteiger partial charge in [0, 0.05) is 6.04 Å². The lowest BCUT2D eigenvalue weighted by atomic mass is 10.0. The number of nitrogens with one attached hydrogen (secondary N) is 1. The van der Waals surface area contributed by atoms with Crippen LogP contribution in [0.1, 0.15) is 37.0 Å². The lowest BCUT2D eigenvalue weighted by Crippen LogP contribution is -2.33. The fraction of sp³-hybridized carbons (Fsp3) is 0.417. The van der Waals surface area contributed by atoms with Gasteiger partial charge in [-0.25, -0.2) is 0 Å². The number of aliphatic hydroxyl groups excluding tert-OH is 1. The fourth-order valence-electron chi connectivity index (χ4n) is 3.23. The van der Waals surface area contributed by atoms with Crippen molar-refractivity contribution in [2.24, 2.45) is 0 Å². The van der Waals surface area contributed by atoms with E-state index in [0.717, 1.165) is 36.3 Å². The molecule has 3 rings (SSSR count). The Kier molecular flexibility index (Phi) is 8.71. The highest BCUT2D eigenvalue weighted by atomic mass is 16.7. The van der Waals surface area contributed by atoms with Crippen molar-refractivity contribution >= 4 is 6.08 Å². The third kappa shape index (κ3) is 7.29. The van der Waals surface area contributed by atoms with Crippen molar-refractivity contribution < 1.29 is 19.3 Å². The van der Waals surface area contributed by atoms with Crippen LogP contribution < -0.4 is 10.1 Å². The van der Waals surface area contributed by atoms with E-state index in [2.05, 4.69) is 17.4 Å². The highest BCUT2D eigenvalue weighted by molar-refractivity contribution is 5.48. The van der Waals surface area contributed by atoms with Gasteiger partial charge in [-0.3, -0.25) is 0 Å². The molecule has 29 heavy (non-hydrogen) atoms. The van der Waals surface area contributed by atoms with Crippen LogP contribution in [0, 0.1) is 0 Å². The summed E-state index contributed by atoms with van der Waals surface area (Å²) in [5.41, 5.74) is 2.03. The minimum Gasteiger partial charge on any atom is -0.490 e. The van der Waals surface area contributed by atoms with Crippen LogP contribution in [-0.2, 0) is 9.47 Å². The molecular formula is C24H31NO4. The maximum absolute atomic E-state index is 10.6. The Balaban J connectivity index is 1.37. The summed E-state index contributed by atoms with van der Waals surface area (Å²) in [6.07, 6.45) is 5.22. The second-order valence-electron chi connectivity index (χ2n) is 7.19. The SMILES string of the molecule is CC(NCCCC1OCCO1)C(O)c1ccc(OC/C=C/c2ccccc2)cc1. The summed E-state index contributed by atoms with van der Waals surface area (Å²) in [5, 5.41) is 13.9. The Labute approximate surface area is 173 Å². The minimum absolute atomic E-state index is 0.0408. The maximum atomic E-state index is 10.6. The Bertz CT molecular complexity index is 726. The summed E-state index contributed by atoms with van der Waals surface area (Å²) < 4.78 is 16.6. The van der Waals surface area contributed by atoms with Gasteiger partial charge in [-0.15, -0.1) is 0 Å². The highest BCUT2D eigenvalue weighted by Gasteiger charge is 2.17. The quantitative estimate of drug-likeness (QED) is 0.563. The van der Waals surface area contributed by atoms with Crippen LogP contribution in [0.5, 0.6) is 5.75 Å². The molecule has 1 aliphatic rings. The molecule has 2 N–H and O–H groups in total. The van der Waals surface area contributed by atoms with Gasteiger partial charge in [-0.2, -0.15) is 0 Å². The van der Waals surface area contributed by atoms with E-state index in [4.69, 9.17) is 14.2 Å². The lowest BCUT2D eigenvalue weighted by Gasteiger charge is -2.21. The van der Waals surface area contributed by atoms with Crippen LogP contribution in [0.2, 0.25) is 0 Å². The van der Waals surface area contributed by atoms with Gasteiger partial charge in [0.2, 0.25) is 0 Å². The Hall–Kier alpha value is -2.18. The molecule has 2 aromatic carbocycles. The molecule has 2 unspecified atom stereocenters. The standard InChI is InChI=1S/C24H31NO4/c1-19(25-15-5-10-23-28-17-18-29-23)24(26)21-11-13-22(14-12-21)27-16-6-9-20-7-3-2-4-8-20/h2-4,6-9,11-14,19,23-26H,5,10,15-18H2,1H3/b9-6+. The maximum Gasteiger partial charge on any atom is 0.157 e. The van der Waals surface area contributed by atoms with E-state index in [-0.39, 0.29) is 12.3 Å². The summed E-state index contributed by atoms with van der Waals surface area (Å²) in [4.78, 5) is 0. The number of hydrogen-bond donors (Lipinski definition) is 2. The van der Waals surface area contributed by atoms with E-state index in [1.54, 1.807) is 0 Å². The first kappa shape index (κ1) is 21.5. The van der Waals surface area contributed by atoms with Crippen LogP contribution in [0.4, 0.5) is 0 Å². The molecule has 5 nitrogen and oxygen atoms in total. The van der Waals surface area contributed by atoms with E-state index in [1.807, 2.05) is 61.5 Å². The summed E-state index contributed by atoms with van der Waals surface area (Å²) >= 11 is 0. The Morgan fingerprint density at radius 1 is 1.10 bits per heavy atom. The van der Waals surface area contributed by atoms with Gasteiger partial charge < -0.3 is 24.6 Å². The van der Waals surface area contributed by atoms with Crippen molar-refractivity contribution in [3.8, 4) is 5.75 Å². The first-order valence-corrected chi connectivity index (χ1v) is 10.3. The zero-order valence-corrected chi connectivity index (χ0v) is 17.0. The van der Waals surface area contributed by atoms with E-state index in [1.165, 1.54) is 0 Å². The van der Waals surface area contributed by atoms with Crippen LogP contribution >= 0.6 is 0 Å². The summed E-state index contributed by atoms with van der Waals surface area (Å²) in [7, 11) is 0. The van der Waals surface area contributed by atoms with Gasteiger partial charge in [-0.1, -0.05) is 48.5 Å². The van der Waals surface area contributed by atoms with Crippen molar-refractivity contribution in [3.05, 3.63) is 71.8 Å². The van der Waals surface area contributed by atoms with Crippen molar-refractivity contribution in [2.45, 2.75) is 38.2 Å². The van der Waals surface area contributed by atoms with E-state index < -0.39 is 6.10 Å². The number of benzene rings is 2. The molecule has 0 aromatic heterocycles. The topological polar surface area (TPSA) is 60.0 Å². The zero-order chi connectivity index (χ0) is 20.3. The molecule has 1 heterocycles. The number of aliphatic hydroxyl groups is 1. The largest absolute Gasteiger partial charge is 0.490 e. The van der Waals surface area contributed by atoms with Crippen LogP contribution in [-0.4, -0.2) is 43.8 Å². The van der Waals surface area contributed by atoms with E-state index in [0.29, 0.717) is 19.8 Å². The van der Waals surface area contributed by atoms with Crippen molar-refractivity contribution in [1.82, 2.24) is 5.32 Å². The summed E-state index contributed by atoms with van der Waals surface area (Å²) in [6.45, 7) is 4.69. The first-order chi connectivity index (χ1) is 14.2. The highest BCUT2D eigenvalue weighted by Crippen LogP contribution is 2.20. The average molecular weight is 398 g/mol. The zero-order valence-electron chi connectivity index (χ0n) is 17.0. The first-order valence-electron chi connectivity index (χ1n) is 10.3. The monoisotopic (exact) mass is 397 g/mol. The van der Waals surface area contributed by atoms with E-state index >= 15 is 0 Å². The van der Waals surface area contributed by atoms with Crippen molar-refractivity contribution in [3.63, 3.8) is 0 Å².